The summed E-state index contributed by atoms with van der Waals surface area (Å²) in [6, 6.07) is 8.91. The Morgan fingerprint density at radius 2 is 1.86 bits per heavy atom. The summed E-state index contributed by atoms with van der Waals surface area (Å²) < 4.78 is 36.2. The summed E-state index contributed by atoms with van der Waals surface area (Å²) in [5, 5.41) is 0.317. The quantitative estimate of drug-likeness (QED) is 0.439. The number of hydrogen-bond donors (Lipinski definition) is 0. The van der Waals surface area contributed by atoms with Gasteiger partial charge in [0.1, 0.15) is 40.6 Å². The van der Waals surface area contributed by atoms with E-state index in [9.17, 15) is 13.6 Å². The number of aryl methyl sites for hydroxylation is 2. The number of pyridine rings is 2. The van der Waals surface area contributed by atoms with Gasteiger partial charge >= 0.3 is 0 Å². The van der Waals surface area contributed by atoms with Gasteiger partial charge in [0, 0.05) is 43.7 Å². The van der Waals surface area contributed by atoms with Crippen molar-refractivity contribution in [2.24, 2.45) is 7.05 Å². The highest BCUT2D eigenvalue weighted by atomic mass is 19.1. The molecule has 0 spiro atoms. The third kappa shape index (κ3) is 4.27. The van der Waals surface area contributed by atoms with Crippen LogP contribution in [0.5, 0.6) is 0 Å². The van der Waals surface area contributed by atoms with E-state index in [0.29, 0.717) is 30.1 Å². The van der Waals surface area contributed by atoms with E-state index in [4.69, 9.17) is 9.72 Å². The third-order valence-electron chi connectivity index (χ3n) is 6.34. The summed E-state index contributed by atoms with van der Waals surface area (Å²) in [4.78, 5) is 28.8. The highest BCUT2D eigenvalue weighted by Crippen LogP contribution is 2.33. The first-order valence-electron chi connectivity index (χ1n) is 11.4. The fourth-order valence-corrected chi connectivity index (χ4v) is 4.49. The number of rotatable bonds is 3. The first-order valence-corrected chi connectivity index (χ1v) is 11.4. The molecule has 3 aromatic heterocycles. The number of nitrogens with zero attached hydrogens (tertiary/aromatic N) is 5. The highest BCUT2D eigenvalue weighted by Gasteiger charge is 2.29. The molecule has 1 fully saturated rings. The zero-order valence-electron chi connectivity index (χ0n) is 19.9. The second kappa shape index (κ2) is 8.81. The van der Waals surface area contributed by atoms with Crippen molar-refractivity contribution in [3.63, 3.8) is 0 Å². The van der Waals surface area contributed by atoms with Crippen LogP contribution in [-0.2, 0) is 11.8 Å². The lowest BCUT2D eigenvalue weighted by atomic mass is 10.1. The second-order valence-electron chi connectivity index (χ2n) is 8.94. The van der Waals surface area contributed by atoms with Gasteiger partial charge in [-0.05, 0) is 56.7 Å². The van der Waals surface area contributed by atoms with E-state index in [0.717, 1.165) is 17.3 Å². The first-order chi connectivity index (χ1) is 16.7. The molecular formula is C26H25F2N5O2. The van der Waals surface area contributed by atoms with E-state index in [2.05, 4.69) is 9.97 Å². The van der Waals surface area contributed by atoms with Crippen LogP contribution < -0.4 is 10.5 Å². The van der Waals surface area contributed by atoms with Gasteiger partial charge in [0.15, 0.2) is 0 Å². The number of benzene rings is 1. The summed E-state index contributed by atoms with van der Waals surface area (Å²) in [6.45, 7) is 6.61. The lowest BCUT2D eigenvalue weighted by Gasteiger charge is -2.38. The molecule has 0 aliphatic carbocycles. The molecule has 0 N–H and O–H groups in total. The lowest BCUT2D eigenvalue weighted by molar-refractivity contribution is -0.0176. The molecule has 0 saturated carbocycles. The molecule has 35 heavy (non-hydrogen) atoms. The predicted octanol–water partition coefficient (Wildman–Crippen LogP) is 4.25. The van der Waals surface area contributed by atoms with Crippen LogP contribution in [0.15, 0.2) is 47.4 Å². The van der Waals surface area contributed by atoms with Gasteiger partial charge < -0.3 is 9.64 Å². The number of ether oxygens (including phenoxy) is 1. The second-order valence-corrected chi connectivity index (χ2v) is 8.94. The van der Waals surface area contributed by atoms with Gasteiger partial charge in [-0.25, -0.2) is 18.7 Å². The Kier molecular flexibility index (Phi) is 5.80. The van der Waals surface area contributed by atoms with Crippen LogP contribution in [0.3, 0.4) is 0 Å². The largest absolute Gasteiger partial charge is 0.367 e. The minimum absolute atomic E-state index is 0.0843. The van der Waals surface area contributed by atoms with Crippen LogP contribution in [0.1, 0.15) is 30.1 Å². The zero-order chi connectivity index (χ0) is 24.9. The van der Waals surface area contributed by atoms with E-state index in [1.54, 1.807) is 26.2 Å². The summed E-state index contributed by atoms with van der Waals surface area (Å²) in [7, 11) is 1.64. The Morgan fingerprint density at radius 1 is 1.06 bits per heavy atom. The van der Waals surface area contributed by atoms with E-state index in [1.165, 1.54) is 16.7 Å². The molecule has 1 saturated heterocycles. The Hall–Kier alpha value is -3.72. The Labute approximate surface area is 201 Å². The zero-order valence-corrected chi connectivity index (χ0v) is 19.9. The maximum atomic E-state index is 14.9. The SMILES string of the molecule is Cc1cc([C@H]2CN(c3cc4c(=O)n(C)c(C)nc4c(-c4ccc(F)cc4F)n3)C[C@@H](C)O2)ccn1. The summed E-state index contributed by atoms with van der Waals surface area (Å²) in [6.07, 6.45) is 1.40. The predicted molar refractivity (Wildman–Crippen MR) is 129 cm³/mol. The van der Waals surface area contributed by atoms with Crippen molar-refractivity contribution in [1.29, 1.82) is 0 Å². The fourth-order valence-electron chi connectivity index (χ4n) is 4.49. The monoisotopic (exact) mass is 477 g/mol. The summed E-state index contributed by atoms with van der Waals surface area (Å²) >= 11 is 0. The number of halogens is 2. The van der Waals surface area contributed by atoms with E-state index in [-0.39, 0.29) is 34.5 Å². The van der Waals surface area contributed by atoms with Crippen molar-refractivity contribution in [1.82, 2.24) is 19.5 Å². The van der Waals surface area contributed by atoms with Crippen LogP contribution in [0.4, 0.5) is 14.6 Å². The van der Waals surface area contributed by atoms with Gasteiger partial charge in [-0.2, -0.15) is 0 Å². The number of aromatic nitrogens is 4. The lowest BCUT2D eigenvalue weighted by Crippen LogP contribution is -2.43. The van der Waals surface area contributed by atoms with Gasteiger partial charge in [0.2, 0.25) is 0 Å². The van der Waals surface area contributed by atoms with E-state index in [1.807, 2.05) is 30.9 Å². The van der Waals surface area contributed by atoms with E-state index >= 15 is 0 Å². The smallest absolute Gasteiger partial charge is 0.261 e. The van der Waals surface area contributed by atoms with Gasteiger partial charge in [-0.1, -0.05) is 0 Å². The average molecular weight is 478 g/mol. The van der Waals surface area contributed by atoms with Crippen molar-refractivity contribution in [3.05, 3.63) is 81.7 Å². The minimum atomic E-state index is -0.767. The molecule has 4 aromatic rings. The van der Waals surface area contributed by atoms with Gasteiger partial charge in [-0.15, -0.1) is 0 Å². The van der Waals surface area contributed by atoms with E-state index < -0.39 is 11.6 Å². The van der Waals surface area contributed by atoms with Crippen LogP contribution in [0.2, 0.25) is 0 Å². The number of fused-ring (bicyclic) bond motifs is 1. The van der Waals surface area contributed by atoms with Crippen molar-refractivity contribution in [3.8, 4) is 11.3 Å². The molecule has 9 heteroatoms. The van der Waals surface area contributed by atoms with Gasteiger partial charge in [-0.3, -0.25) is 14.3 Å². The molecule has 180 valence electrons. The summed E-state index contributed by atoms with van der Waals surface area (Å²) in [5.74, 6) is -0.486. The molecule has 1 aromatic carbocycles. The molecule has 7 nitrogen and oxygen atoms in total. The third-order valence-corrected chi connectivity index (χ3v) is 6.34. The van der Waals surface area contributed by atoms with Crippen molar-refractivity contribution < 1.29 is 13.5 Å². The minimum Gasteiger partial charge on any atom is -0.367 e. The van der Waals surface area contributed by atoms with Crippen molar-refractivity contribution in [2.45, 2.75) is 33.0 Å². The fraction of sp³-hybridized carbons (Fsp3) is 0.308. The van der Waals surface area contributed by atoms with Gasteiger partial charge in [0.25, 0.3) is 5.56 Å². The van der Waals surface area contributed by atoms with Crippen molar-refractivity contribution >= 4 is 16.7 Å². The van der Waals surface area contributed by atoms with Crippen LogP contribution in [0, 0.1) is 25.5 Å². The number of morpholine rings is 1. The Morgan fingerprint density at radius 3 is 2.60 bits per heavy atom. The average Bonchev–Trinajstić information content (AvgIpc) is 2.82. The first kappa shape index (κ1) is 23.0. The van der Waals surface area contributed by atoms with Crippen molar-refractivity contribution in [2.75, 3.05) is 18.0 Å². The highest BCUT2D eigenvalue weighted by molar-refractivity contribution is 5.93. The van der Waals surface area contributed by atoms with Crippen LogP contribution in [-0.4, -0.2) is 38.7 Å². The molecule has 5 rings (SSSR count). The van der Waals surface area contributed by atoms with Crippen LogP contribution in [0.25, 0.3) is 22.2 Å². The molecule has 0 unspecified atom stereocenters. The molecule has 2 atom stereocenters. The molecule has 0 amide bonds. The number of anilines is 1. The topological polar surface area (TPSA) is 73.1 Å². The molecule has 1 aliphatic heterocycles. The van der Waals surface area contributed by atoms with Gasteiger partial charge in [0.05, 0.1) is 11.5 Å². The maximum absolute atomic E-state index is 14.9. The number of hydrogen-bond acceptors (Lipinski definition) is 6. The Balaban J connectivity index is 1.68. The van der Waals surface area contributed by atoms with Crippen LogP contribution >= 0.6 is 0 Å². The normalized spacial score (nSPS) is 18.3. The molecule has 0 bridgehead atoms. The molecule has 4 heterocycles. The Bertz CT molecular complexity index is 1500. The maximum Gasteiger partial charge on any atom is 0.261 e. The standard InChI is InChI=1S/C26H25F2N5O2/c1-14-9-17(7-8-29-14)22-13-33(12-15(2)35-22)23-11-20-25(30-16(3)32(4)26(20)34)24(31-23)19-6-5-18(27)10-21(19)28/h5-11,15,22H,12-13H2,1-4H3/t15-,22-/m1/s1. The molecule has 1 aliphatic rings. The molecular weight excluding hydrogens is 452 g/mol. The summed E-state index contributed by atoms with van der Waals surface area (Å²) in [5.41, 5.74) is 2.18. The molecule has 0 radical (unpaired) electrons.